The predicted molar refractivity (Wildman–Crippen MR) is 117 cm³/mol. The van der Waals surface area contributed by atoms with Gasteiger partial charge in [-0.25, -0.2) is 4.98 Å². The zero-order valence-corrected chi connectivity index (χ0v) is 17.4. The Kier molecular flexibility index (Phi) is 5.80. The first-order chi connectivity index (χ1) is 13.6. The van der Waals surface area contributed by atoms with E-state index in [2.05, 4.69) is 21.2 Å². The highest BCUT2D eigenvalue weighted by molar-refractivity contribution is 7.22. The van der Waals surface area contributed by atoms with Crippen molar-refractivity contribution in [3.63, 3.8) is 0 Å². The lowest BCUT2D eigenvalue weighted by atomic mass is 10.1. The van der Waals surface area contributed by atoms with Gasteiger partial charge in [-0.1, -0.05) is 47.2 Å². The summed E-state index contributed by atoms with van der Waals surface area (Å²) in [6.45, 7) is 7.27. The number of benzene rings is 2. The topological polar surface area (TPSA) is 48.5 Å². The fourth-order valence-electron chi connectivity index (χ4n) is 3.45. The lowest BCUT2D eigenvalue weighted by Crippen LogP contribution is -2.48. The molecule has 4 rings (SSSR count). The Morgan fingerprint density at radius 1 is 1.14 bits per heavy atom. The second-order valence-corrected chi connectivity index (χ2v) is 8.40. The summed E-state index contributed by atoms with van der Waals surface area (Å²) in [7, 11) is 0. The molecule has 0 saturated carbocycles. The normalized spacial score (nSPS) is 15.1. The highest BCUT2D eigenvalue weighted by Gasteiger charge is 2.20. The van der Waals surface area contributed by atoms with Crippen molar-refractivity contribution in [3.05, 3.63) is 58.6 Å². The molecular formula is C21H23ClN4OS. The van der Waals surface area contributed by atoms with Crippen molar-refractivity contribution in [3.8, 4) is 0 Å². The van der Waals surface area contributed by atoms with Gasteiger partial charge >= 0.3 is 0 Å². The van der Waals surface area contributed by atoms with Gasteiger partial charge in [-0.2, -0.15) is 0 Å². The molecule has 7 heteroatoms. The van der Waals surface area contributed by atoms with Crippen LogP contribution in [-0.4, -0.2) is 55.1 Å². The summed E-state index contributed by atoms with van der Waals surface area (Å²) < 4.78 is 1.13. The third-order valence-electron chi connectivity index (χ3n) is 5.10. The van der Waals surface area contributed by atoms with Crippen molar-refractivity contribution in [2.75, 3.05) is 44.2 Å². The van der Waals surface area contributed by atoms with Gasteiger partial charge in [-0.05, 0) is 30.7 Å². The van der Waals surface area contributed by atoms with Crippen molar-refractivity contribution in [1.29, 1.82) is 0 Å². The van der Waals surface area contributed by atoms with Gasteiger partial charge in [0.25, 0.3) is 5.91 Å². The van der Waals surface area contributed by atoms with Gasteiger partial charge in [0.15, 0.2) is 5.13 Å². The monoisotopic (exact) mass is 414 g/mol. The fourth-order valence-corrected chi connectivity index (χ4v) is 4.77. The number of halogens is 1. The van der Waals surface area contributed by atoms with Crippen molar-refractivity contribution >= 4 is 44.2 Å². The van der Waals surface area contributed by atoms with E-state index in [1.165, 1.54) is 0 Å². The lowest BCUT2D eigenvalue weighted by Gasteiger charge is -2.34. The summed E-state index contributed by atoms with van der Waals surface area (Å²) in [5.74, 6) is 0.00286. The predicted octanol–water partition coefficient (Wildman–Crippen LogP) is 3.81. The number of hydrogen-bond acceptors (Lipinski definition) is 5. The highest BCUT2D eigenvalue weighted by Crippen LogP contribution is 2.33. The van der Waals surface area contributed by atoms with E-state index >= 15 is 0 Å². The number of amides is 1. The van der Waals surface area contributed by atoms with Crippen LogP contribution in [0.25, 0.3) is 10.2 Å². The number of piperazine rings is 1. The second-order valence-electron chi connectivity index (χ2n) is 6.98. The van der Waals surface area contributed by atoms with Crippen molar-refractivity contribution in [2.45, 2.75) is 6.92 Å². The second kappa shape index (κ2) is 8.47. The third kappa shape index (κ3) is 4.14. The molecule has 1 aliphatic heterocycles. The molecule has 0 atom stereocenters. The Bertz CT molecular complexity index is 981. The Morgan fingerprint density at radius 2 is 1.93 bits per heavy atom. The molecule has 1 saturated heterocycles. The maximum atomic E-state index is 12.3. The zero-order chi connectivity index (χ0) is 19.5. The van der Waals surface area contributed by atoms with Gasteiger partial charge in [0.1, 0.15) is 5.52 Å². The number of carbonyl (C=O) groups is 1. The first-order valence-electron chi connectivity index (χ1n) is 9.48. The maximum absolute atomic E-state index is 12.3. The van der Waals surface area contributed by atoms with Crippen LogP contribution in [-0.2, 0) is 0 Å². The number of thiazole rings is 1. The van der Waals surface area contributed by atoms with Gasteiger partial charge < -0.3 is 10.2 Å². The number of aryl methyl sites for hydroxylation is 1. The molecule has 0 bridgehead atoms. The van der Waals surface area contributed by atoms with Crippen molar-refractivity contribution < 1.29 is 4.79 Å². The van der Waals surface area contributed by atoms with E-state index in [0.29, 0.717) is 11.6 Å². The maximum Gasteiger partial charge on any atom is 0.251 e. The Morgan fingerprint density at radius 3 is 2.68 bits per heavy atom. The first-order valence-corrected chi connectivity index (χ1v) is 10.7. The number of anilines is 1. The molecule has 5 nitrogen and oxygen atoms in total. The molecule has 3 aromatic rings. The van der Waals surface area contributed by atoms with Gasteiger partial charge in [0, 0.05) is 44.8 Å². The number of para-hydroxylation sites is 1. The number of hydrogen-bond donors (Lipinski definition) is 1. The van der Waals surface area contributed by atoms with Crippen LogP contribution in [0.15, 0.2) is 42.5 Å². The Balaban J connectivity index is 1.27. The van der Waals surface area contributed by atoms with E-state index < -0.39 is 0 Å². The van der Waals surface area contributed by atoms with Crippen LogP contribution >= 0.6 is 22.9 Å². The molecule has 1 aromatic heterocycles. The molecular weight excluding hydrogens is 392 g/mol. The number of aromatic nitrogens is 1. The molecule has 2 aromatic carbocycles. The van der Waals surface area contributed by atoms with Gasteiger partial charge in [-0.15, -0.1) is 0 Å². The SMILES string of the molecule is Cc1ccccc1C(=O)NCCN1CCN(c2nc3c(Cl)cccc3s2)CC1. The molecule has 1 amide bonds. The summed E-state index contributed by atoms with van der Waals surface area (Å²) in [4.78, 5) is 21.7. The summed E-state index contributed by atoms with van der Waals surface area (Å²) in [5.41, 5.74) is 2.65. The van der Waals surface area contributed by atoms with Crippen LogP contribution in [0.3, 0.4) is 0 Å². The van der Waals surface area contributed by atoms with Crippen molar-refractivity contribution in [1.82, 2.24) is 15.2 Å². The van der Waals surface area contributed by atoms with E-state index in [0.717, 1.165) is 59.2 Å². The summed E-state index contributed by atoms with van der Waals surface area (Å²) in [6, 6.07) is 13.6. The molecule has 1 N–H and O–H groups in total. The smallest absolute Gasteiger partial charge is 0.251 e. The molecule has 0 radical (unpaired) electrons. The standard InChI is InChI=1S/C21H23ClN4OS/c1-15-5-2-3-6-16(15)20(27)23-9-10-25-11-13-26(14-12-25)21-24-19-17(22)7-4-8-18(19)28-21/h2-8H,9-14H2,1H3,(H,23,27). The van der Waals surface area contributed by atoms with E-state index in [4.69, 9.17) is 16.6 Å². The van der Waals surface area contributed by atoms with Crippen molar-refractivity contribution in [2.24, 2.45) is 0 Å². The van der Waals surface area contributed by atoms with Gasteiger partial charge in [-0.3, -0.25) is 9.69 Å². The summed E-state index contributed by atoms with van der Waals surface area (Å²) in [5, 5.41) is 4.78. The van der Waals surface area contributed by atoms with E-state index in [1.54, 1.807) is 11.3 Å². The minimum absolute atomic E-state index is 0.00286. The van der Waals surface area contributed by atoms with Crippen LogP contribution in [0.1, 0.15) is 15.9 Å². The third-order valence-corrected chi connectivity index (χ3v) is 6.49. The molecule has 28 heavy (non-hydrogen) atoms. The van der Waals surface area contributed by atoms with E-state index in [9.17, 15) is 4.79 Å². The number of fused-ring (bicyclic) bond motifs is 1. The summed E-state index contributed by atoms with van der Waals surface area (Å²) >= 11 is 7.95. The fraction of sp³-hybridized carbons (Fsp3) is 0.333. The minimum atomic E-state index is 0.00286. The zero-order valence-electron chi connectivity index (χ0n) is 15.8. The quantitative estimate of drug-likeness (QED) is 0.689. The largest absolute Gasteiger partial charge is 0.351 e. The van der Waals surface area contributed by atoms with Crippen LogP contribution in [0.5, 0.6) is 0 Å². The number of nitrogens with one attached hydrogen (secondary N) is 1. The molecule has 1 fully saturated rings. The number of carbonyl (C=O) groups excluding carboxylic acids is 1. The Labute approximate surface area is 173 Å². The van der Waals surface area contributed by atoms with Gasteiger partial charge in [0.2, 0.25) is 0 Å². The lowest BCUT2D eigenvalue weighted by molar-refractivity contribution is 0.0947. The molecule has 0 spiro atoms. The number of nitrogens with zero attached hydrogens (tertiary/aromatic N) is 3. The molecule has 1 aliphatic rings. The molecule has 146 valence electrons. The molecule has 2 heterocycles. The minimum Gasteiger partial charge on any atom is -0.351 e. The van der Waals surface area contributed by atoms with Crippen LogP contribution in [0.4, 0.5) is 5.13 Å². The highest BCUT2D eigenvalue weighted by atomic mass is 35.5. The average molecular weight is 415 g/mol. The van der Waals surface area contributed by atoms with E-state index in [1.807, 2.05) is 43.3 Å². The summed E-state index contributed by atoms with van der Waals surface area (Å²) in [6.07, 6.45) is 0. The molecule has 0 aliphatic carbocycles. The first kappa shape index (κ1) is 19.2. The molecule has 0 unspecified atom stereocenters. The van der Waals surface area contributed by atoms with Gasteiger partial charge in [0.05, 0.1) is 9.72 Å². The van der Waals surface area contributed by atoms with E-state index in [-0.39, 0.29) is 5.91 Å². The van der Waals surface area contributed by atoms with Crippen LogP contribution in [0, 0.1) is 6.92 Å². The Hall–Kier alpha value is -2.15. The van der Waals surface area contributed by atoms with Crippen LogP contribution in [0.2, 0.25) is 5.02 Å². The average Bonchev–Trinajstić information content (AvgIpc) is 3.14. The van der Waals surface area contributed by atoms with Crippen LogP contribution < -0.4 is 10.2 Å². The number of rotatable bonds is 5.